The van der Waals surface area contributed by atoms with E-state index in [2.05, 4.69) is 11.9 Å². The first-order chi connectivity index (χ1) is 6.81. The Bertz CT molecular complexity index is 291. The fourth-order valence-electron chi connectivity index (χ4n) is 2.38. The van der Waals surface area contributed by atoms with Crippen molar-refractivity contribution in [2.75, 3.05) is 0 Å². The van der Waals surface area contributed by atoms with Crippen LogP contribution < -0.4 is 5.32 Å². The maximum atomic E-state index is 5.37. The minimum absolute atomic E-state index is 0.513. The standard InChI is InChI=1S/C12H17NS/c1-2-5-10-8-9-6-3-4-7-11(9)13-12(10)14/h2,10H,1,3-8H2,(H,13,14). The third kappa shape index (κ3) is 1.90. The number of hydrogen-bond donors (Lipinski definition) is 1. The Balaban J connectivity index is 2.12. The van der Waals surface area contributed by atoms with E-state index < -0.39 is 0 Å². The van der Waals surface area contributed by atoms with Gasteiger partial charge in [0.1, 0.15) is 0 Å². The number of nitrogens with one attached hydrogen (secondary N) is 1. The highest BCUT2D eigenvalue weighted by Crippen LogP contribution is 2.33. The van der Waals surface area contributed by atoms with Gasteiger partial charge in [-0.15, -0.1) is 6.58 Å². The molecule has 0 bridgehead atoms. The molecule has 1 unspecified atom stereocenters. The van der Waals surface area contributed by atoms with Crippen molar-refractivity contribution in [3.8, 4) is 0 Å². The van der Waals surface area contributed by atoms with Crippen LogP contribution in [0.3, 0.4) is 0 Å². The van der Waals surface area contributed by atoms with E-state index in [4.69, 9.17) is 12.2 Å². The normalized spacial score (nSPS) is 26.9. The topological polar surface area (TPSA) is 12.0 Å². The van der Waals surface area contributed by atoms with Gasteiger partial charge < -0.3 is 5.32 Å². The minimum atomic E-state index is 0.513. The van der Waals surface area contributed by atoms with E-state index >= 15 is 0 Å². The monoisotopic (exact) mass is 207 g/mol. The predicted octanol–water partition coefficient (Wildman–Crippen LogP) is 3.33. The van der Waals surface area contributed by atoms with Gasteiger partial charge in [-0.05, 0) is 38.5 Å². The highest BCUT2D eigenvalue weighted by Gasteiger charge is 2.25. The van der Waals surface area contributed by atoms with Crippen LogP contribution in [0.2, 0.25) is 0 Å². The van der Waals surface area contributed by atoms with Gasteiger partial charge in [0, 0.05) is 11.6 Å². The Hall–Kier alpha value is -0.630. The van der Waals surface area contributed by atoms with Gasteiger partial charge >= 0.3 is 0 Å². The Labute approximate surface area is 91.3 Å². The predicted molar refractivity (Wildman–Crippen MR) is 64.1 cm³/mol. The zero-order valence-electron chi connectivity index (χ0n) is 8.51. The van der Waals surface area contributed by atoms with Gasteiger partial charge in [-0.3, -0.25) is 0 Å². The summed E-state index contributed by atoms with van der Waals surface area (Å²) in [7, 11) is 0. The molecule has 1 atom stereocenters. The van der Waals surface area contributed by atoms with Gasteiger partial charge in [0.25, 0.3) is 0 Å². The molecule has 0 saturated heterocycles. The first-order valence-corrected chi connectivity index (χ1v) is 5.84. The molecule has 1 aliphatic heterocycles. The zero-order valence-corrected chi connectivity index (χ0v) is 9.33. The first kappa shape index (κ1) is 9.91. The molecule has 0 aromatic carbocycles. The number of thiocarbonyl (C=S) groups is 1. The third-order valence-corrected chi connectivity index (χ3v) is 3.61. The molecular formula is C12H17NS. The molecule has 0 aromatic heterocycles. The second-order valence-corrected chi connectivity index (χ2v) is 4.64. The second kappa shape index (κ2) is 4.26. The largest absolute Gasteiger partial charge is 0.353 e. The van der Waals surface area contributed by atoms with E-state index in [-0.39, 0.29) is 0 Å². The molecule has 1 nitrogen and oxygen atoms in total. The summed E-state index contributed by atoms with van der Waals surface area (Å²) in [6.45, 7) is 3.79. The molecule has 0 saturated carbocycles. The van der Waals surface area contributed by atoms with Crippen molar-refractivity contribution in [1.29, 1.82) is 0 Å². The lowest BCUT2D eigenvalue weighted by Gasteiger charge is -2.31. The van der Waals surface area contributed by atoms with Crippen molar-refractivity contribution in [2.45, 2.75) is 38.5 Å². The van der Waals surface area contributed by atoms with Crippen molar-refractivity contribution in [1.82, 2.24) is 5.32 Å². The Morgan fingerprint density at radius 1 is 1.43 bits per heavy atom. The maximum Gasteiger partial charge on any atom is 0.0832 e. The van der Waals surface area contributed by atoms with Gasteiger partial charge in [-0.25, -0.2) is 0 Å². The lowest BCUT2D eigenvalue weighted by Crippen LogP contribution is -2.35. The molecule has 2 aliphatic rings. The van der Waals surface area contributed by atoms with Gasteiger partial charge in [0.2, 0.25) is 0 Å². The fourth-order valence-corrected chi connectivity index (χ4v) is 2.68. The average Bonchev–Trinajstić information content (AvgIpc) is 2.19. The Morgan fingerprint density at radius 2 is 2.21 bits per heavy atom. The SMILES string of the molecule is C=CCC1CC2=C(CCCC2)NC1=S. The van der Waals surface area contributed by atoms with Crippen LogP contribution in [0.1, 0.15) is 38.5 Å². The molecule has 0 radical (unpaired) electrons. The van der Waals surface area contributed by atoms with Crippen LogP contribution in [-0.4, -0.2) is 4.99 Å². The van der Waals surface area contributed by atoms with Crippen LogP contribution >= 0.6 is 12.2 Å². The summed E-state index contributed by atoms with van der Waals surface area (Å²) in [5.74, 6) is 0.513. The summed E-state index contributed by atoms with van der Waals surface area (Å²) >= 11 is 5.37. The molecule has 2 rings (SSSR count). The molecular weight excluding hydrogens is 190 g/mol. The molecule has 0 aromatic rings. The maximum absolute atomic E-state index is 5.37. The summed E-state index contributed by atoms with van der Waals surface area (Å²) in [6.07, 6.45) is 9.33. The summed E-state index contributed by atoms with van der Waals surface area (Å²) in [5.41, 5.74) is 3.05. The fraction of sp³-hybridized carbons (Fsp3) is 0.583. The Kier molecular flexibility index (Phi) is 3.02. The van der Waals surface area contributed by atoms with Crippen molar-refractivity contribution < 1.29 is 0 Å². The van der Waals surface area contributed by atoms with Gasteiger partial charge in [-0.2, -0.15) is 0 Å². The lowest BCUT2D eigenvalue weighted by atomic mass is 9.84. The minimum Gasteiger partial charge on any atom is -0.353 e. The van der Waals surface area contributed by atoms with Gasteiger partial charge in [0.05, 0.1) is 4.99 Å². The molecule has 1 N–H and O–H groups in total. The molecule has 2 heteroatoms. The summed E-state index contributed by atoms with van der Waals surface area (Å²) < 4.78 is 0. The molecule has 0 fully saturated rings. The van der Waals surface area contributed by atoms with Crippen molar-refractivity contribution >= 4 is 17.2 Å². The summed E-state index contributed by atoms with van der Waals surface area (Å²) in [4.78, 5) is 1.03. The zero-order chi connectivity index (χ0) is 9.97. The van der Waals surface area contributed by atoms with Crippen LogP contribution in [0, 0.1) is 5.92 Å². The molecule has 0 amide bonds. The van der Waals surface area contributed by atoms with Crippen LogP contribution in [-0.2, 0) is 0 Å². The van der Waals surface area contributed by atoms with E-state index in [1.165, 1.54) is 37.8 Å². The first-order valence-electron chi connectivity index (χ1n) is 5.44. The lowest BCUT2D eigenvalue weighted by molar-refractivity contribution is 0.559. The van der Waals surface area contributed by atoms with Crippen LogP contribution in [0.4, 0.5) is 0 Å². The quantitative estimate of drug-likeness (QED) is 0.550. The van der Waals surface area contributed by atoms with E-state index in [0.717, 1.165) is 11.4 Å². The van der Waals surface area contributed by atoms with Crippen LogP contribution in [0.15, 0.2) is 23.9 Å². The van der Waals surface area contributed by atoms with E-state index in [1.807, 2.05) is 6.08 Å². The van der Waals surface area contributed by atoms with Gasteiger partial charge in [0.15, 0.2) is 0 Å². The summed E-state index contributed by atoms with van der Waals surface area (Å²) in [5, 5.41) is 3.42. The van der Waals surface area contributed by atoms with Crippen LogP contribution in [0.25, 0.3) is 0 Å². The van der Waals surface area contributed by atoms with E-state index in [0.29, 0.717) is 5.92 Å². The van der Waals surface area contributed by atoms with E-state index in [1.54, 1.807) is 5.57 Å². The van der Waals surface area contributed by atoms with Crippen molar-refractivity contribution in [3.63, 3.8) is 0 Å². The van der Waals surface area contributed by atoms with Gasteiger partial charge in [-0.1, -0.05) is 23.9 Å². The van der Waals surface area contributed by atoms with Crippen molar-refractivity contribution in [2.24, 2.45) is 5.92 Å². The average molecular weight is 207 g/mol. The summed E-state index contributed by atoms with van der Waals surface area (Å²) in [6, 6.07) is 0. The molecule has 14 heavy (non-hydrogen) atoms. The smallest absolute Gasteiger partial charge is 0.0832 e. The number of rotatable bonds is 2. The highest BCUT2D eigenvalue weighted by molar-refractivity contribution is 7.80. The molecule has 1 heterocycles. The molecule has 0 spiro atoms. The number of hydrogen-bond acceptors (Lipinski definition) is 1. The second-order valence-electron chi connectivity index (χ2n) is 4.20. The number of allylic oxidation sites excluding steroid dienone is 3. The third-order valence-electron chi connectivity index (χ3n) is 3.17. The Morgan fingerprint density at radius 3 is 3.00 bits per heavy atom. The van der Waals surface area contributed by atoms with Crippen LogP contribution in [0.5, 0.6) is 0 Å². The highest BCUT2D eigenvalue weighted by atomic mass is 32.1. The molecule has 1 aliphatic carbocycles. The molecule has 76 valence electrons. The van der Waals surface area contributed by atoms with E-state index in [9.17, 15) is 0 Å². The van der Waals surface area contributed by atoms with Crippen molar-refractivity contribution in [3.05, 3.63) is 23.9 Å².